The SMILES string of the molecule is C[C@@H](Nc1nc(C(=O)O)nc2nc(-c3ccc(F)cc3F)n(Cc3ccc(C(F)(F)F)cc3)c12)C1CCC1. The van der Waals surface area contributed by atoms with Gasteiger partial charge >= 0.3 is 12.1 Å². The molecule has 2 N–H and O–H groups in total. The van der Waals surface area contributed by atoms with Crippen LogP contribution in [-0.2, 0) is 12.7 Å². The number of aromatic nitrogens is 4. The van der Waals surface area contributed by atoms with Crippen LogP contribution in [0.3, 0.4) is 0 Å². The molecule has 198 valence electrons. The Morgan fingerprint density at radius 2 is 1.82 bits per heavy atom. The minimum Gasteiger partial charge on any atom is -0.475 e. The lowest BCUT2D eigenvalue weighted by atomic mass is 9.80. The third-order valence-electron chi connectivity index (χ3n) is 6.81. The molecule has 4 aromatic rings. The van der Waals surface area contributed by atoms with Gasteiger partial charge in [0, 0.05) is 18.7 Å². The van der Waals surface area contributed by atoms with Crippen molar-refractivity contribution >= 4 is 23.0 Å². The number of carbonyl (C=O) groups is 1. The molecule has 0 spiro atoms. The Morgan fingerprint density at radius 1 is 1.11 bits per heavy atom. The third kappa shape index (κ3) is 4.90. The number of nitrogens with zero attached hydrogens (tertiary/aromatic N) is 4. The number of fused-ring (bicyclic) bond motifs is 1. The fraction of sp³-hybridized carbons (Fsp3) is 0.308. The van der Waals surface area contributed by atoms with Gasteiger partial charge < -0.3 is 15.0 Å². The molecule has 0 unspecified atom stereocenters. The summed E-state index contributed by atoms with van der Waals surface area (Å²) in [6, 6.07) is 7.28. The minimum atomic E-state index is -4.52. The predicted octanol–water partition coefficient (Wildman–Crippen LogP) is 6.14. The number of imidazole rings is 1. The van der Waals surface area contributed by atoms with Crippen LogP contribution in [0.15, 0.2) is 42.5 Å². The number of halogens is 5. The highest BCUT2D eigenvalue weighted by Gasteiger charge is 2.31. The summed E-state index contributed by atoms with van der Waals surface area (Å²) in [6.07, 6.45) is -1.45. The van der Waals surface area contributed by atoms with E-state index < -0.39 is 35.2 Å². The first kappa shape index (κ1) is 25.6. The number of hydrogen-bond donors (Lipinski definition) is 2. The molecule has 1 atom stereocenters. The standard InChI is InChI=1S/C26H22F5N5O2/c1-13(15-3-2-4-15)32-21-20-22(34-23(33-21)25(37)38)35-24(18-10-9-17(27)11-19(18)28)36(20)12-14-5-7-16(8-6-14)26(29,30)31/h5-11,13,15H,2-4,12H2,1H3,(H,37,38)(H,32,33,34)/t13-/m1/s1. The second-order valence-electron chi connectivity index (χ2n) is 9.34. The van der Waals surface area contributed by atoms with Gasteiger partial charge in [0.05, 0.1) is 11.1 Å². The number of alkyl halides is 3. The molecule has 7 nitrogen and oxygen atoms in total. The monoisotopic (exact) mass is 531 g/mol. The number of rotatable bonds is 7. The van der Waals surface area contributed by atoms with Crippen LogP contribution in [0, 0.1) is 17.6 Å². The van der Waals surface area contributed by atoms with E-state index in [-0.39, 0.29) is 41.0 Å². The summed E-state index contributed by atoms with van der Waals surface area (Å²) in [6.45, 7) is 1.87. The molecule has 2 aromatic carbocycles. The summed E-state index contributed by atoms with van der Waals surface area (Å²) in [5, 5.41) is 12.8. The predicted molar refractivity (Wildman–Crippen MR) is 129 cm³/mol. The summed E-state index contributed by atoms with van der Waals surface area (Å²) in [4.78, 5) is 24.4. The molecule has 1 aliphatic carbocycles. The average Bonchev–Trinajstić information content (AvgIpc) is 3.15. The zero-order chi connectivity index (χ0) is 27.2. The van der Waals surface area contributed by atoms with Crippen LogP contribution < -0.4 is 5.32 Å². The highest BCUT2D eigenvalue weighted by atomic mass is 19.4. The molecule has 38 heavy (non-hydrogen) atoms. The van der Waals surface area contributed by atoms with E-state index in [1.54, 1.807) is 0 Å². The Morgan fingerprint density at radius 3 is 2.39 bits per heavy atom. The maximum atomic E-state index is 14.9. The first-order valence-corrected chi connectivity index (χ1v) is 11.9. The number of carboxylic acids is 1. The first-order valence-electron chi connectivity index (χ1n) is 11.9. The van der Waals surface area contributed by atoms with Gasteiger partial charge in [-0.2, -0.15) is 13.2 Å². The molecular formula is C26H22F5N5O2. The van der Waals surface area contributed by atoms with Gasteiger partial charge in [-0.05, 0) is 55.5 Å². The number of nitrogens with one attached hydrogen (secondary N) is 1. The molecule has 2 heterocycles. The average molecular weight is 531 g/mol. The summed E-state index contributed by atoms with van der Waals surface area (Å²) >= 11 is 0. The molecule has 0 aliphatic heterocycles. The van der Waals surface area contributed by atoms with E-state index in [2.05, 4.69) is 20.3 Å². The highest BCUT2D eigenvalue weighted by Crippen LogP contribution is 2.35. The summed E-state index contributed by atoms with van der Waals surface area (Å²) in [5.74, 6) is -3.15. The van der Waals surface area contributed by atoms with Crippen LogP contribution in [0.5, 0.6) is 0 Å². The molecule has 0 saturated heterocycles. The maximum Gasteiger partial charge on any atom is 0.416 e. The number of carboxylic acid groups (broad SMARTS) is 1. The van der Waals surface area contributed by atoms with Gasteiger partial charge in [-0.25, -0.2) is 28.5 Å². The van der Waals surface area contributed by atoms with E-state index in [0.29, 0.717) is 17.5 Å². The van der Waals surface area contributed by atoms with Crippen LogP contribution in [0.1, 0.15) is 47.9 Å². The van der Waals surface area contributed by atoms with E-state index in [4.69, 9.17) is 0 Å². The molecule has 0 bridgehead atoms. The molecule has 1 aliphatic rings. The molecule has 0 amide bonds. The van der Waals surface area contributed by atoms with Crippen molar-refractivity contribution in [3.05, 3.63) is 71.1 Å². The summed E-state index contributed by atoms with van der Waals surface area (Å²) < 4.78 is 69.3. The van der Waals surface area contributed by atoms with Crippen LogP contribution in [0.4, 0.5) is 27.8 Å². The van der Waals surface area contributed by atoms with Crippen molar-refractivity contribution in [3.8, 4) is 11.4 Å². The maximum absolute atomic E-state index is 14.9. The smallest absolute Gasteiger partial charge is 0.416 e. The largest absolute Gasteiger partial charge is 0.475 e. The van der Waals surface area contributed by atoms with E-state index in [9.17, 15) is 31.9 Å². The molecule has 5 rings (SSSR count). The van der Waals surface area contributed by atoms with Gasteiger partial charge in [0.2, 0.25) is 5.82 Å². The first-order chi connectivity index (χ1) is 18.0. The Labute approximate surface area is 213 Å². The second kappa shape index (κ2) is 9.66. The number of aromatic carboxylic acids is 1. The van der Waals surface area contributed by atoms with Crippen molar-refractivity contribution in [3.63, 3.8) is 0 Å². The van der Waals surface area contributed by atoms with Gasteiger partial charge in [-0.1, -0.05) is 18.6 Å². The Balaban J connectivity index is 1.70. The van der Waals surface area contributed by atoms with Crippen molar-refractivity contribution < 1.29 is 31.9 Å². The normalized spacial score (nSPS) is 14.9. The number of hydrogen-bond acceptors (Lipinski definition) is 5. The summed E-state index contributed by atoms with van der Waals surface area (Å²) in [5.41, 5.74) is -0.286. The van der Waals surface area contributed by atoms with Gasteiger partial charge in [-0.15, -0.1) is 0 Å². The van der Waals surface area contributed by atoms with Crippen molar-refractivity contribution in [2.75, 3.05) is 5.32 Å². The molecule has 1 fully saturated rings. The van der Waals surface area contributed by atoms with Crippen molar-refractivity contribution in [2.45, 2.75) is 44.9 Å². The van der Waals surface area contributed by atoms with Gasteiger partial charge in [0.1, 0.15) is 23.0 Å². The quantitative estimate of drug-likeness (QED) is 0.279. The topological polar surface area (TPSA) is 92.9 Å². The molecule has 2 aromatic heterocycles. The molecular weight excluding hydrogens is 509 g/mol. The van der Waals surface area contributed by atoms with Gasteiger partial charge in [0.25, 0.3) is 0 Å². The summed E-state index contributed by atoms with van der Waals surface area (Å²) in [7, 11) is 0. The van der Waals surface area contributed by atoms with Crippen molar-refractivity contribution in [2.24, 2.45) is 5.92 Å². The lowest BCUT2D eigenvalue weighted by Crippen LogP contribution is -2.31. The number of anilines is 1. The Kier molecular flexibility index (Phi) is 6.49. The van der Waals surface area contributed by atoms with E-state index in [1.165, 1.54) is 22.8 Å². The molecule has 1 saturated carbocycles. The molecule has 12 heteroatoms. The van der Waals surface area contributed by atoms with Crippen LogP contribution in [-0.4, -0.2) is 36.6 Å². The third-order valence-corrected chi connectivity index (χ3v) is 6.81. The van der Waals surface area contributed by atoms with E-state index in [1.807, 2.05) is 6.92 Å². The highest BCUT2D eigenvalue weighted by molar-refractivity contribution is 5.92. The number of benzene rings is 2. The van der Waals surface area contributed by atoms with Crippen LogP contribution >= 0.6 is 0 Å². The zero-order valence-corrected chi connectivity index (χ0v) is 20.1. The van der Waals surface area contributed by atoms with E-state index in [0.717, 1.165) is 37.5 Å². The van der Waals surface area contributed by atoms with E-state index >= 15 is 0 Å². The Bertz CT molecular complexity index is 1510. The Hall–Kier alpha value is -4.09. The van der Waals surface area contributed by atoms with Crippen molar-refractivity contribution in [1.29, 1.82) is 0 Å². The fourth-order valence-corrected chi connectivity index (χ4v) is 4.52. The van der Waals surface area contributed by atoms with Crippen LogP contribution in [0.2, 0.25) is 0 Å². The lowest BCUT2D eigenvalue weighted by Gasteiger charge is -2.32. The van der Waals surface area contributed by atoms with Gasteiger partial charge in [0.15, 0.2) is 11.5 Å². The fourth-order valence-electron chi connectivity index (χ4n) is 4.52. The minimum absolute atomic E-state index is 0.00594. The van der Waals surface area contributed by atoms with Crippen molar-refractivity contribution in [1.82, 2.24) is 19.5 Å². The lowest BCUT2D eigenvalue weighted by molar-refractivity contribution is -0.137. The second-order valence-corrected chi connectivity index (χ2v) is 9.34. The van der Waals surface area contributed by atoms with Gasteiger partial charge in [-0.3, -0.25) is 0 Å². The molecule has 0 radical (unpaired) electrons. The zero-order valence-electron chi connectivity index (χ0n) is 20.1. The van der Waals surface area contributed by atoms with Crippen LogP contribution in [0.25, 0.3) is 22.6 Å².